The van der Waals surface area contributed by atoms with Crippen molar-refractivity contribution in [3.05, 3.63) is 0 Å². The van der Waals surface area contributed by atoms with Crippen LogP contribution in [0.5, 0.6) is 0 Å². The van der Waals surface area contributed by atoms with Crippen molar-refractivity contribution in [2.45, 2.75) is 32.1 Å². The molecule has 20 heavy (non-hydrogen) atoms. The monoisotopic (exact) mass is 303 g/mol. The molecule has 2 fully saturated rings. The molecule has 0 unspecified atom stereocenters. The van der Waals surface area contributed by atoms with E-state index in [-0.39, 0.29) is 11.8 Å². The molecule has 7 heteroatoms. The predicted molar refractivity (Wildman–Crippen MR) is 77.3 cm³/mol. The quantitative estimate of drug-likeness (QED) is 0.763. The van der Waals surface area contributed by atoms with Crippen molar-refractivity contribution in [1.29, 1.82) is 0 Å². The number of hydrogen-bond donors (Lipinski definition) is 0. The molecule has 0 atom stereocenters. The van der Waals surface area contributed by atoms with E-state index in [1.165, 1.54) is 29.1 Å². The van der Waals surface area contributed by atoms with Crippen molar-refractivity contribution < 1.29 is 13.2 Å². The highest BCUT2D eigenvalue weighted by atomic mass is 32.2. The van der Waals surface area contributed by atoms with Crippen LogP contribution >= 0.6 is 0 Å². The summed E-state index contributed by atoms with van der Waals surface area (Å²) < 4.78 is 26.7. The molecule has 1 saturated heterocycles. The molecule has 1 aliphatic carbocycles. The van der Waals surface area contributed by atoms with Crippen LogP contribution in [-0.4, -0.2) is 68.1 Å². The van der Waals surface area contributed by atoms with Gasteiger partial charge in [-0.15, -0.1) is 0 Å². The van der Waals surface area contributed by atoms with Crippen molar-refractivity contribution in [3.8, 4) is 0 Å². The van der Waals surface area contributed by atoms with Gasteiger partial charge in [-0.2, -0.15) is 17.0 Å². The van der Waals surface area contributed by atoms with Crippen molar-refractivity contribution in [2.75, 3.05) is 40.3 Å². The number of nitrogens with zero attached hydrogens (tertiary/aromatic N) is 3. The van der Waals surface area contributed by atoms with Crippen LogP contribution in [0.1, 0.15) is 32.1 Å². The maximum absolute atomic E-state index is 12.4. The van der Waals surface area contributed by atoms with Crippen molar-refractivity contribution in [2.24, 2.45) is 5.92 Å². The predicted octanol–water partition coefficient (Wildman–Crippen LogP) is 0.517. The van der Waals surface area contributed by atoms with Gasteiger partial charge in [-0.05, 0) is 12.8 Å². The minimum Gasteiger partial charge on any atom is -0.340 e. The summed E-state index contributed by atoms with van der Waals surface area (Å²) in [6.45, 7) is 1.84. The largest absolute Gasteiger partial charge is 0.340 e. The molecule has 1 amide bonds. The zero-order valence-electron chi connectivity index (χ0n) is 12.4. The second kappa shape index (κ2) is 6.41. The number of piperazine rings is 1. The molecule has 1 heterocycles. The Morgan fingerprint density at radius 1 is 1.00 bits per heavy atom. The van der Waals surface area contributed by atoms with Crippen molar-refractivity contribution in [3.63, 3.8) is 0 Å². The first-order chi connectivity index (χ1) is 9.43. The van der Waals surface area contributed by atoms with Crippen LogP contribution < -0.4 is 0 Å². The van der Waals surface area contributed by atoms with Crippen molar-refractivity contribution in [1.82, 2.24) is 13.5 Å². The number of carbonyl (C=O) groups excluding carboxylic acids is 1. The SMILES string of the molecule is CN(C)S(=O)(=O)N1CCN(C(=O)C2CCCCC2)CC1. The summed E-state index contributed by atoms with van der Waals surface area (Å²) in [4.78, 5) is 14.2. The highest BCUT2D eigenvalue weighted by Gasteiger charge is 2.32. The van der Waals surface area contributed by atoms with Gasteiger partial charge in [0, 0.05) is 46.2 Å². The van der Waals surface area contributed by atoms with E-state index in [1.54, 1.807) is 0 Å². The Hall–Kier alpha value is -0.660. The van der Waals surface area contributed by atoms with Crippen LogP contribution in [0, 0.1) is 5.92 Å². The van der Waals surface area contributed by atoms with Crippen LogP contribution in [-0.2, 0) is 15.0 Å². The average Bonchev–Trinajstić information content (AvgIpc) is 2.47. The second-order valence-corrected chi connectivity index (χ2v) is 7.99. The standard InChI is InChI=1S/C13H25N3O3S/c1-14(2)20(18,19)16-10-8-15(9-11-16)13(17)12-6-4-3-5-7-12/h12H,3-11H2,1-2H3. The van der Waals surface area contributed by atoms with Gasteiger partial charge < -0.3 is 4.90 Å². The van der Waals surface area contributed by atoms with Gasteiger partial charge in [0.2, 0.25) is 5.91 Å². The van der Waals surface area contributed by atoms with Crippen molar-refractivity contribution >= 4 is 16.1 Å². The highest BCUT2D eigenvalue weighted by molar-refractivity contribution is 7.86. The van der Waals surface area contributed by atoms with Crippen LogP contribution in [0.2, 0.25) is 0 Å². The molecule has 0 aromatic carbocycles. The Labute approximate surface area is 121 Å². The van der Waals surface area contributed by atoms with E-state index in [9.17, 15) is 13.2 Å². The molecule has 6 nitrogen and oxygen atoms in total. The maximum atomic E-state index is 12.4. The van der Waals surface area contributed by atoms with Crippen LogP contribution in [0.3, 0.4) is 0 Å². The molecule has 0 spiro atoms. The van der Waals surface area contributed by atoms with Gasteiger partial charge in [-0.3, -0.25) is 4.79 Å². The normalized spacial score (nSPS) is 23.2. The average molecular weight is 303 g/mol. The van der Waals surface area contributed by atoms with E-state index in [1.807, 2.05) is 4.90 Å². The second-order valence-electron chi connectivity index (χ2n) is 5.85. The fourth-order valence-electron chi connectivity index (χ4n) is 2.98. The van der Waals surface area contributed by atoms with Gasteiger partial charge in [0.15, 0.2) is 0 Å². The summed E-state index contributed by atoms with van der Waals surface area (Å²) in [5, 5.41) is 0. The Bertz CT molecular complexity index is 436. The molecule has 1 saturated carbocycles. The van der Waals surface area contributed by atoms with Gasteiger partial charge in [-0.25, -0.2) is 0 Å². The lowest BCUT2D eigenvalue weighted by Gasteiger charge is -2.37. The fraction of sp³-hybridized carbons (Fsp3) is 0.923. The molecule has 0 bridgehead atoms. The number of rotatable bonds is 3. The summed E-state index contributed by atoms with van der Waals surface area (Å²) in [6, 6.07) is 0. The minimum absolute atomic E-state index is 0.167. The van der Waals surface area contributed by atoms with E-state index in [2.05, 4.69) is 0 Å². The third-order valence-electron chi connectivity index (χ3n) is 4.29. The van der Waals surface area contributed by atoms with Gasteiger partial charge >= 0.3 is 0 Å². The lowest BCUT2D eigenvalue weighted by molar-refractivity contribution is -0.137. The molecule has 116 valence electrons. The first-order valence-electron chi connectivity index (χ1n) is 7.39. The zero-order valence-corrected chi connectivity index (χ0v) is 13.2. The zero-order chi connectivity index (χ0) is 14.8. The Kier molecular flexibility index (Phi) is 5.04. The topological polar surface area (TPSA) is 60.9 Å². The van der Waals surface area contributed by atoms with E-state index in [0.717, 1.165) is 25.7 Å². The van der Waals surface area contributed by atoms with E-state index in [4.69, 9.17) is 0 Å². The summed E-state index contributed by atoms with van der Waals surface area (Å²) in [5.74, 6) is 0.396. The first-order valence-corrected chi connectivity index (χ1v) is 8.79. The third kappa shape index (κ3) is 3.32. The highest BCUT2D eigenvalue weighted by Crippen LogP contribution is 2.26. The Morgan fingerprint density at radius 2 is 1.55 bits per heavy atom. The minimum atomic E-state index is -3.35. The summed E-state index contributed by atoms with van der Waals surface area (Å²) in [6.07, 6.45) is 5.51. The molecule has 2 rings (SSSR count). The molecule has 0 aromatic heterocycles. The van der Waals surface area contributed by atoms with Crippen LogP contribution in [0.15, 0.2) is 0 Å². The Morgan fingerprint density at radius 3 is 2.05 bits per heavy atom. The first kappa shape index (κ1) is 15.7. The fourth-order valence-corrected chi connectivity index (χ4v) is 4.06. The lowest BCUT2D eigenvalue weighted by Crippen LogP contribution is -2.54. The van der Waals surface area contributed by atoms with Gasteiger partial charge in [0.1, 0.15) is 0 Å². The van der Waals surface area contributed by atoms with E-state index < -0.39 is 10.2 Å². The van der Waals surface area contributed by atoms with Crippen LogP contribution in [0.25, 0.3) is 0 Å². The summed E-state index contributed by atoms with van der Waals surface area (Å²) in [5.41, 5.74) is 0. The van der Waals surface area contributed by atoms with E-state index in [0.29, 0.717) is 26.2 Å². The number of amides is 1. The van der Waals surface area contributed by atoms with Gasteiger partial charge in [0.05, 0.1) is 0 Å². The maximum Gasteiger partial charge on any atom is 0.281 e. The molecular weight excluding hydrogens is 278 g/mol. The Balaban J connectivity index is 1.89. The molecule has 2 aliphatic rings. The molecule has 0 radical (unpaired) electrons. The number of hydrogen-bond acceptors (Lipinski definition) is 3. The summed E-state index contributed by atoms with van der Waals surface area (Å²) >= 11 is 0. The smallest absolute Gasteiger partial charge is 0.281 e. The third-order valence-corrected chi connectivity index (χ3v) is 6.23. The molecule has 0 N–H and O–H groups in total. The van der Waals surface area contributed by atoms with Crippen LogP contribution in [0.4, 0.5) is 0 Å². The molecular formula is C13H25N3O3S. The number of carbonyl (C=O) groups is 1. The summed E-state index contributed by atoms with van der Waals surface area (Å²) in [7, 11) is -0.272. The van der Waals surface area contributed by atoms with Gasteiger partial charge in [0.25, 0.3) is 10.2 Å². The molecule has 0 aromatic rings. The molecule has 1 aliphatic heterocycles. The van der Waals surface area contributed by atoms with E-state index >= 15 is 0 Å². The van der Waals surface area contributed by atoms with Gasteiger partial charge in [-0.1, -0.05) is 19.3 Å². The lowest BCUT2D eigenvalue weighted by atomic mass is 9.88.